The monoisotopic (exact) mass is 551 g/mol. The van der Waals surface area contributed by atoms with Crippen LogP contribution in [0, 0.1) is 26.8 Å². The van der Waals surface area contributed by atoms with Crippen LogP contribution in [0.15, 0.2) is 70.9 Å². The zero-order valence-corrected chi connectivity index (χ0v) is 22.7. The summed E-state index contributed by atoms with van der Waals surface area (Å²) >= 11 is 0. The molecule has 0 saturated heterocycles. The molecule has 2 atom stereocenters. The molecule has 0 amide bonds. The molecule has 0 N–H and O–H groups in total. The molecule has 2 unspecified atom stereocenters. The van der Waals surface area contributed by atoms with E-state index >= 15 is 0 Å². The van der Waals surface area contributed by atoms with Crippen molar-refractivity contribution in [1.82, 2.24) is 0 Å². The maximum absolute atomic E-state index is 3.75. The van der Waals surface area contributed by atoms with E-state index in [0.29, 0.717) is 11.8 Å². The van der Waals surface area contributed by atoms with Crippen LogP contribution in [0.5, 0.6) is 0 Å². The largest absolute Gasteiger partial charge is 0.358 e. The van der Waals surface area contributed by atoms with Crippen molar-refractivity contribution in [3.8, 4) is 0 Å². The normalized spacial score (nSPS) is 21.5. The first-order chi connectivity index (χ1) is 12.1. The topological polar surface area (TPSA) is 0 Å². The van der Waals surface area contributed by atoms with E-state index in [1.54, 1.807) is 5.17 Å². The van der Waals surface area contributed by atoms with Crippen LogP contribution in [0.3, 0.4) is 0 Å². The number of benzene rings is 1. The van der Waals surface area contributed by atoms with Gasteiger partial charge in [0, 0.05) is 34.3 Å². The summed E-state index contributed by atoms with van der Waals surface area (Å²) in [6, 6.07) is 8.83. The van der Waals surface area contributed by atoms with Crippen LogP contribution in [0.2, 0.25) is 13.1 Å². The molecule has 0 aliphatic heterocycles. The van der Waals surface area contributed by atoms with E-state index in [-0.39, 0.29) is 40.7 Å². The van der Waals surface area contributed by atoms with Gasteiger partial charge >= 0.3 is 0 Å². The van der Waals surface area contributed by atoms with E-state index in [0.717, 1.165) is 6.42 Å². The minimum Gasteiger partial charge on any atom is -0.358 e. The van der Waals surface area contributed by atoms with E-state index in [1.165, 1.54) is 33.4 Å². The first-order valence-corrected chi connectivity index (χ1v) is 11.8. The quantitative estimate of drug-likeness (QED) is 0.281. The summed E-state index contributed by atoms with van der Waals surface area (Å²) < 4.78 is 0. The van der Waals surface area contributed by atoms with Gasteiger partial charge in [-0.2, -0.15) is 11.1 Å². The van der Waals surface area contributed by atoms with Crippen LogP contribution in [0.4, 0.5) is 0 Å². The Morgan fingerprint density at radius 1 is 1.04 bits per heavy atom. The average molecular weight is 550 g/mol. The molecule has 28 heavy (non-hydrogen) atoms. The predicted octanol–water partition coefficient (Wildman–Crippen LogP) is 6.79. The van der Waals surface area contributed by atoms with Crippen LogP contribution in [0.1, 0.15) is 37.3 Å². The van der Waals surface area contributed by atoms with Gasteiger partial charge in [-0.3, -0.25) is 0 Å². The Balaban J connectivity index is 0.00000131. The molecule has 2 heteroatoms. The fourth-order valence-electron chi connectivity index (χ4n) is 4.49. The second kappa shape index (κ2) is 10.1. The minimum absolute atomic E-state index is 0. The molecule has 1 aromatic rings. The number of allylic oxidation sites excluding steroid dienone is 9. The van der Waals surface area contributed by atoms with Gasteiger partial charge in [0.25, 0.3) is 0 Å². The zero-order valence-electron chi connectivity index (χ0n) is 18.1. The van der Waals surface area contributed by atoms with Crippen molar-refractivity contribution in [2.75, 3.05) is 0 Å². The molecule has 0 spiro atoms. The van der Waals surface area contributed by atoms with Gasteiger partial charge in [0.05, 0.1) is 0 Å². The van der Waals surface area contributed by atoms with Crippen LogP contribution >= 0.6 is 0 Å². The fraction of sp³-hybridized carbons (Fsp3) is 0.269. The van der Waals surface area contributed by atoms with Crippen molar-refractivity contribution in [3.05, 3.63) is 103 Å². The van der Waals surface area contributed by atoms with Crippen molar-refractivity contribution < 1.29 is 25.8 Å². The molecule has 0 saturated carbocycles. The van der Waals surface area contributed by atoms with Gasteiger partial charge < -0.3 is 14.9 Å². The summed E-state index contributed by atoms with van der Waals surface area (Å²) in [6.45, 7) is 9.48. The van der Waals surface area contributed by atoms with Gasteiger partial charge in [-0.15, -0.1) is 29.4 Å². The maximum Gasteiger partial charge on any atom is 0.00715 e. The van der Waals surface area contributed by atoms with Crippen molar-refractivity contribution in [2.24, 2.45) is 5.92 Å². The number of rotatable bonds is 2. The standard InChI is InChI=1S/C24H25Si.2CH3.Hf/c1-5-17-15-19-10-8-12-22(25(3)4)16(2)23(19)24(17)21-14-13-18-9-6-7-11-20(18)21;;;/h6-14,16,21H,5H2,1-4H3;2*1H3;/q3*-1;. The Morgan fingerprint density at radius 2 is 1.75 bits per heavy atom. The molecule has 0 radical (unpaired) electrons. The molecule has 0 fully saturated rings. The van der Waals surface area contributed by atoms with Gasteiger partial charge in [-0.25, -0.2) is 0 Å². The molecule has 4 rings (SSSR count). The molecule has 146 valence electrons. The van der Waals surface area contributed by atoms with E-state index in [9.17, 15) is 0 Å². The molecule has 3 aliphatic rings. The minimum atomic E-state index is -0.467. The van der Waals surface area contributed by atoms with E-state index in [4.69, 9.17) is 0 Å². The van der Waals surface area contributed by atoms with Crippen molar-refractivity contribution in [3.63, 3.8) is 0 Å². The average Bonchev–Trinajstić information content (AvgIpc) is 3.14. The van der Waals surface area contributed by atoms with Gasteiger partial charge in [0.15, 0.2) is 0 Å². The van der Waals surface area contributed by atoms with Crippen LogP contribution < -0.4 is 0 Å². The summed E-state index contributed by atoms with van der Waals surface area (Å²) in [5.74, 6) is 0.868. The van der Waals surface area contributed by atoms with Crippen molar-refractivity contribution in [2.45, 2.75) is 39.3 Å². The SMILES string of the molecule is CCC1=[C-]C2=CC=CC(=[Si](C)C)C(C)C2=C1C1C=Cc2ccccc21.[CH3-].[CH3-].[Hf]. The Kier molecular flexibility index (Phi) is 8.96. The van der Waals surface area contributed by atoms with Crippen molar-refractivity contribution in [1.29, 1.82) is 0 Å². The molecule has 0 nitrogen and oxygen atoms in total. The Hall–Kier alpha value is -1.12. The summed E-state index contributed by atoms with van der Waals surface area (Å²) in [4.78, 5) is 0. The third kappa shape index (κ3) is 4.09. The first kappa shape index (κ1) is 24.9. The zero-order chi connectivity index (χ0) is 17.6. The molecule has 3 aliphatic carbocycles. The van der Waals surface area contributed by atoms with Gasteiger partial charge in [-0.05, 0) is 29.4 Å². The van der Waals surface area contributed by atoms with E-state index in [2.05, 4.69) is 87.7 Å². The Labute approximate surface area is 192 Å². The molecule has 0 bridgehead atoms. The van der Waals surface area contributed by atoms with E-state index in [1.807, 2.05) is 0 Å². The van der Waals surface area contributed by atoms with Crippen molar-refractivity contribution >= 4 is 19.7 Å². The summed E-state index contributed by atoms with van der Waals surface area (Å²) in [5.41, 5.74) is 8.57. The number of hydrogen-bond acceptors (Lipinski definition) is 0. The first-order valence-electron chi connectivity index (χ1n) is 9.32. The predicted molar refractivity (Wildman–Crippen MR) is 124 cm³/mol. The molecule has 1 aromatic carbocycles. The van der Waals surface area contributed by atoms with Gasteiger partial charge in [0.2, 0.25) is 0 Å². The second-order valence-corrected chi connectivity index (χ2v) is 9.94. The Bertz CT molecular complexity index is 918. The van der Waals surface area contributed by atoms with E-state index < -0.39 is 8.41 Å². The van der Waals surface area contributed by atoms with Crippen LogP contribution in [-0.2, 0) is 25.8 Å². The fourth-order valence-corrected chi connectivity index (χ4v) is 5.93. The number of fused-ring (bicyclic) bond motifs is 2. The third-order valence-electron chi connectivity index (χ3n) is 5.67. The molecule has 0 heterocycles. The summed E-state index contributed by atoms with van der Waals surface area (Å²) in [6.07, 6.45) is 16.4. The van der Waals surface area contributed by atoms with Crippen LogP contribution in [-0.4, -0.2) is 13.6 Å². The molecular formula is C26H31HfSi-3. The smallest absolute Gasteiger partial charge is 0.00715 e. The molecule has 0 aromatic heterocycles. The number of hydrogen-bond donors (Lipinski definition) is 0. The second-order valence-electron chi connectivity index (χ2n) is 7.37. The Morgan fingerprint density at radius 3 is 2.43 bits per heavy atom. The van der Waals surface area contributed by atoms with Crippen LogP contribution in [0.25, 0.3) is 6.08 Å². The molecular weight excluding hydrogens is 519 g/mol. The van der Waals surface area contributed by atoms with Gasteiger partial charge in [0.1, 0.15) is 0 Å². The third-order valence-corrected chi connectivity index (χ3v) is 7.42. The van der Waals surface area contributed by atoms with Gasteiger partial charge in [-0.1, -0.05) is 74.6 Å². The summed E-state index contributed by atoms with van der Waals surface area (Å²) in [7, 11) is -0.467. The maximum atomic E-state index is 3.75. The summed E-state index contributed by atoms with van der Waals surface area (Å²) in [5, 5.41) is 1.62.